The van der Waals surface area contributed by atoms with Crippen molar-refractivity contribution >= 4 is 11.9 Å². The molecule has 11 atom stereocenters. The topological polar surface area (TPSA) is 231 Å². The molecule has 0 radical (unpaired) electrons. The summed E-state index contributed by atoms with van der Waals surface area (Å²) in [4.78, 5) is 25.0. The lowest BCUT2D eigenvalue weighted by Crippen LogP contribution is -2.61. The second kappa shape index (κ2) is 25.5. The molecule has 0 spiro atoms. The Morgan fingerprint density at radius 3 is 1.60 bits per heavy atom. The first-order valence-corrected chi connectivity index (χ1v) is 18.6. The van der Waals surface area contributed by atoms with Gasteiger partial charge >= 0.3 is 11.9 Å². The lowest BCUT2D eigenvalue weighted by Gasteiger charge is -2.42. The fourth-order valence-corrected chi connectivity index (χ4v) is 5.86. The van der Waals surface area contributed by atoms with E-state index < -0.39 is 92.7 Å². The summed E-state index contributed by atoms with van der Waals surface area (Å²) in [6.45, 7) is 2.34. The van der Waals surface area contributed by atoms with Crippen LogP contribution in [0.4, 0.5) is 0 Å². The third-order valence-electron chi connectivity index (χ3n) is 9.09. The van der Waals surface area contributed by atoms with Gasteiger partial charge in [0.05, 0.1) is 19.8 Å². The van der Waals surface area contributed by atoms with E-state index in [0.717, 1.165) is 32.1 Å². The van der Waals surface area contributed by atoms with Crippen molar-refractivity contribution in [1.82, 2.24) is 0 Å². The Bertz CT molecular complexity index is 907. The summed E-state index contributed by atoms with van der Waals surface area (Å²) in [5.41, 5.74) is 0. The molecule has 2 saturated heterocycles. The minimum absolute atomic E-state index is 0.169. The molecule has 2 rings (SSSR count). The summed E-state index contributed by atoms with van der Waals surface area (Å²) in [6, 6.07) is 0. The zero-order valence-electron chi connectivity index (χ0n) is 29.9. The maximum absolute atomic E-state index is 12.7. The van der Waals surface area contributed by atoms with Crippen molar-refractivity contribution in [2.75, 3.05) is 26.4 Å². The van der Waals surface area contributed by atoms with Crippen LogP contribution < -0.4 is 0 Å². The molecule has 0 aromatic carbocycles. The van der Waals surface area contributed by atoms with Crippen molar-refractivity contribution in [3.8, 4) is 0 Å². The van der Waals surface area contributed by atoms with Gasteiger partial charge in [-0.05, 0) is 12.8 Å². The third kappa shape index (κ3) is 16.0. The lowest BCUT2D eigenvalue weighted by atomic mass is 9.98. The second-order valence-electron chi connectivity index (χ2n) is 13.4. The van der Waals surface area contributed by atoms with Gasteiger partial charge in [0.2, 0.25) is 0 Å². The van der Waals surface area contributed by atoms with Crippen molar-refractivity contribution in [3.63, 3.8) is 0 Å². The highest BCUT2D eigenvalue weighted by atomic mass is 16.7. The van der Waals surface area contributed by atoms with E-state index in [0.29, 0.717) is 12.8 Å². The molecule has 0 aromatic heterocycles. The molecule has 11 unspecified atom stereocenters. The van der Waals surface area contributed by atoms with Crippen LogP contribution in [-0.2, 0) is 38.0 Å². The predicted molar refractivity (Wildman–Crippen MR) is 178 cm³/mol. The smallest absolute Gasteiger partial charge is 0.306 e. The maximum atomic E-state index is 12.7. The minimum atomic E-state index is -1.75. The van der Waals surface area contributed by atoms with E-state index in [1.54, 1.807) is 0 Å². The van der Waals surface area contributed by atoms with Gasteiger partial charge < -0.3 is 64.2 Å². The number of carbonyl (C=O) groups is 2. The summed E-state index contributed by atoms with van der Waals surface area (Å²) in [7, 11) is 0. The molecule has 15 nitrogen and oxygen atoms in total. The standard InChI is InChI=1S/C35H64O15/c1-3-5-7-8-9-10-11-12-13-14-16-18-27(38)48-23(20-45-26(37)17-15-6-4-2)21-46-34-33(44)31(42)29(40)25(50-34)22-47-35-32(43)30(41)28(39)24(19-36)49-35/h23-25,28-36,39-44H,3-22H2,1-2H3. The molecule has 7 N–H and O–H groups in total. The SMILES string of the molecule is CCCCCCCCCCCCCC(=O)OC(COC(=O)CCCCC)COC1OC(COC2OC(CO)C(O)C(O)C2O)C(O)C(O)C1O. The summed E-state index contributed by atoms with van der Waals surface area (Å²) in [5.74, 6) is -0.953. The molecule has 294 valence electrons. The van der Waals surface area contributed by atoms with Gasteiger partial charge in [-0.2, -0.15) is 0 Å². The largest absolute Gasteiger partial charge is 0.462 e. The van der Waals surface area contributed by atoms with Crippen LogP contribution in [0.2, 0.25) is 0 Å². The molecule has 50 heavy (non-hydrogen) atoms. The molecular formula is C35H64O15. The number of hydrogen-bond acceptors (Lipinski definition) is 15. The first kappa shape index (κ1) is 44.7. The zero-order valence-corrected chi connectivity index (χ0v) is 29.9. The zero-order chi connectivity index (χ0) is 36.9. The second-order valence-corrected chi connectivity index (χ2v) is 13.4. The molecule has 15 heteroatoms. The first-order valence-electron chi connectivity index (χ1n) is 18.6. The average molecular weight is 725 g/mol. The van der Waals surface area contributed by atoms with Gasteiger partial charge in [0.15, 0.2) is 18.7 Å². The van der Waals surface area contributed by atoms with E-state index in [4.69, 9.17) is 28.4 Å². The molecule has 0 saturated carbocycles. The molecule has 0 amide bonds. The summed E-state index contributed by atoms with van der Waals surface area (Å²) < 4.78 is 33.0. The Kier molecular flexibility index (Phi) is 22.8. The van der Waals surface area contributed by atoms with Crippen LogP contribution in [0.3, 0.4) is 0 Å². The average Bonchev–Trinajstić information content (AvgIpc) is 3.10. The van der Waals surface area contributed by atoms with Crippen molar-refractivity contribution in [2.24, 2.45) is 0 Å². The van der Waals surface area contributed by atoms with Crippen LogP contribution in [0, 0.1) is 0 Å². The predicted octanol–water partition coefficient (Wildman–Crippen LogP) is 1.36. The fraction of sp³-hybridized carbons (Fsp3) is 0.943. The van der Waals surface area contributed by atoms with Gasteiger partial charge in [-0.1, -0.05) is 90.9 Å². The van der Waals surface area contributed by atoms with Gasteiger partial charge in [0, 0.05) is 12.8 Å². The van der Waals surface area contributed by atoms with E-state index in [9.17, 15) is 45.3 Å². The van der Waals surface area contributed by atoms with Gasteiger partial charge in [-0.25, -0.2) is 0 Å². The highest BCUT2D eigenvalue weighted by Gasteiger charge is 2.47. The molecule has 0 aliphatic carbocycles. The van der Waals surface area contributed by atoms with Gasteiger partial charge in [0.25, 0.3) is 0 Å². The maximum Gasteiger partial charge on any atom is 0.306 e. The Balaban J connectivity index is 1.88. The Morgan fingerprint density at radius 1 is 0.560 bits per heavy atom. The minimum Gasteiger partial charge on any atom is -0.462 e. The normalized spacial score (nSPS) is 30.6. The summed E-state index contributed by atoms with van der Waals surface area (Å²) in [6.07, 6.45) is -1.53. The fourth-order valence-electron chi connectivity index (χ4n) is 5.86. The van der Waals surface area contributed by atoms with Crippen LogP contribution in [-0.4, -0.2) is 142 Å². The Hall–Kier alpha value is -1.50. The van der Waals surface area contributed by atoms with Crippen LogP contribution >= 0.6 is 0 Å². The number of aliphatic hydroxyl groups is 7. The molecule has 0 aromatic rings. The number of ether oxygens (including phenoxy) is 6. The number of esters is 2. The third-order valence-corrected chi connectivity index (χ3v) is 9.09. The molecule has 2 aliphatic heterocycles. The van der Waals surface area contributed by atoms with E-state index in [1.807, 2.05) is 6.92 Å². The highest BCUT2D eigenvalue weighted by Crippen LogP contribution is 2.26. The molecule has 2 heterocycles. The Morgan fingerprint density at radius 2 is 1.02 bits per heavy atom. The quantitative estimate of drug-likeness (QED) is 0.0493. The number of hydrogen-bond donors (Lipinski definition) is 7. The van der Waals surface area contributed by atoms with Crippen molar-refractivity contribution < 1.29 is 73.8 Å². The van der Waals surface area contributed by atoms with Crippen LogP contribution in [0.25, 0.3) is 0 Å². The molecule has 2 aliphatic rings. The number of aliphatic hydroxyl groups excluding tert-OH is 7. The molecule has 2 fully saturated rings. The van der Waals surface area contributed by atoms with E-state index in [2.05, 4.69) is 6.92 Å². The van der Waals surface area contributed by atoms with Crippen LogP contribution in [0.5, 0.6) is 0 Å². The molecule has 0 bridgehead atoms. The van der Waals surface area contributed by atoms with Gasteiger partial charge in [-0.3, -0.25) is 9.59 Å². The van der Waals surface area contributed by atoms with E-state index in [-0.39, 0.29) is 26.1 Å². The van der Waals surface area contributed by atoms with Crippen LogP contribution in [0.15, 0.2) is 0 Å². The van der Waals surface area contributed by atoms with Crippen LogP contribution in [0.1, 0.15) is 117 Å². The first-order chi connectivity index (χ1) is 24.0. The van der Waals surface area contributed by atoms with Crippen molar-refractivity contribution in [2.45, 2.75) is 184 Å². The lowest BCUT2D eigenvalue weighted by molar-refractivity contribution is -0.332. The van der Waals surface area contributed by atoms with Gasteiger partial charge in [-0.15, -0.1) is 0 Å². The summed E-state index contributed by atoms with van der Waals surface area (Å²) >= 11 is 0. The van der Waals surface area contributed by atoms with Crippen molar-refractivity contribution in [3.05, 3.63) is 0 Å². The Labute approximate surface area is 296 Å². The molecular weight excluding hydrogens is 660 g/mol. The highest BCUT2D eigenvalue weighted by molar-refractivity contribution is 5.70. The number of rotatable bonds is 26. The number of unbranched alkanes of at least 4 members (excludes halogenated alkanes) is 12. The van der Waals surface area contributed by atoms with Crippen molar-refractivity contribution in [1.29, 1.82) is 0 Å². The van der Waals surface area contributed by atoms with E-state index in [1.165, 1.54) is 44.9 Å². The van der Waals surface area contributed by atoms with Gasteiger partial charge in [0.1, 0.15) is 55.4 Å². The van der Waals surface area contributed by atoms with E-state index >= 15 is 0 Å². The summed E-state index contributed by atoms with van der Waals surface area (Å²) in [5, 5.41) is 71.2. The number of carbonyl (C=O) groups excluding carboxylic acids is 2. The monoisotopic (exact) mass is 724 g/mol.